The van der Waals surface area contributed by atoms with Crippen LogP contribution >= 0.6 is 0 Å². The van der Waals surface area contributed by atoms with Crippen LogP contribution in [-0.4, -0.2) is 50.1 Å². The van der Waals surface area contributed by atoms with Crippen molar-refractivity contribution >= 4 is 5.91 Å². The number of carbonyl (C=O) groups is 1. The Balaban J connectivity index is 1.54. The molecule has 4 nitrogen and oxygen atoms in total. The van der Waals surface area contributed by atoms with Gasteiger partial charge in [0.1, 0.15) is 5.75 Å². The Kier molecular flexibility index (Phi) is 5.21. The highest BCUT2D eigenvalue weighted by Gasteiger charge is 2.32. The third-order valence-corrected chi connectivity index (χ3v) is 5.54. The van der Waals surface area contributed by atoms with Gasteiger partial charge in [0, 0.05) is 12.0 Å². The van der Waals surface area contributed by atoms with Gasteiger partial charge in [-0.25, -0.2) is 0 Å². The van der Waals surface area contributed by atoms with Gasteiger partial charge in [-0.1, -0.05) is 13.3 Å². The first-order valence-corrected chi connectivity index (χ1v) is 8.95. The summed E-state index contributed by atoms with van der Waals surface area (Å²) in [6.45, 7) is 6.34. The summed E-state index contributed by atoms with van der Waals surface area (Å²) in [7, 11) is 1.64. The maximum Gasteiger partial charge on any atom is 0.254 e. The molecule has 4 heteroatoms. The molecule has 0 unspecified atom stereocenters. The summed E-state index contributed by atoms with van der Waals surface area (Å²) in [5, 5.41) is 0. The monoisotopic (exact) mass is 317 g/mol. The molecule has 1 aliphatic carbocycles. The number of amides is 1. The van der Waals surface area contributed by atoms with Crippen molar-refractivity contribution in [3.05, 3.63) is 29.8 Å². The summed E-state index contributed by atoms with van der Waals surface area (Å²) in [5.41, 5.74) is 0.764. The van der Waals surface area contributed by atoms with Crippen molar-refractivity contribution in [2.45, 2.75) is 38.6 Å². The van der Waals surface area contributed by atoms with Crippen LogP contribution in [0.4, 0.5) is 0 Å². The van der Waals surface area contributed by atoms with Crippen molar-refractivity contribution in [1.82, 2.24) is 4.90 Å². The molecule has 1 saturated carbocycles. The van der Waals surface area contributed by atoms with Gasteiger partial charge in [0.2, 0.25) is 0 Å². The van der Waals surface area contributed by atoms with Crippen LogP contribution in [0.25, 0.3) is 0 Å². The summed E-state index contributed by atoms with van der Waals surface area (Å²) in [4.78, 5) is 16.3. The van der Waals surface area contributed by atoms with E-state index in [0.29, 0.717) is 0 Å². The molecule has 2 atom stereocenters. The topological polar surface area (TPSA) is 34.0 Å². The molecule has 1 heterocycles. The molecule has 1 saturated heterocycles. The minimum absolute atomic E-state index is 0.156. The molecule has 1 aromatic carbocycles. The van der Waals surface area contributed by atoms with Crippen molar-refractivity contribution < 1.29 is 14.4 Å². The van der Waals surface area contributed by atoms with Crippen molar-refractivity contribution in [3.63, 3.8) is 0 Å². The molecule has 1 amide bonds. The van der Waals surface area contributed by atoms with Crippen molar-refractivity contribution in [3.8, 4) is 5.75 Å². The molecule has 0 aromatic heterocycles. The molecule has 3 rings (SSSR count). The molecule has 126 valence electrons. The van der Waals surface area contributed by atoms with E-state index in [-0.39, 0.29) is 5.91 Å². The second-order valence-corrected chi connectivity index (χ2v) is 7.15. The SMILES string of the molecule is COc1ccc(C(=O)N2CC[NH+]([C@H]3CCC[C@@H](C)C3)CC2)cc1. The molecular weight excluding hydrogens is 288 g/mol. The quantitative estimate of drug-likeness (QED) is 0.919. The predicted octanol–water partition coefficient (Wildman–Crippen LogP) is 1.61. The van der Waals surface area contributed by atoms with Gasteiger partial charge in [0.25, 0.3) is 5.91 Å². The van der Waals surface area contributed by atoms with Gasteiger partial charge in [-0.05, 0) is 43.0 Å². The fourth-order valence-electron chi connectivity index (χ4n) is 4.13. The summed E-state index contributed by atoms with van der Waals surface area (Å²) >= 11 is 0. The molecule has 23 heavy (non-hydrogen) atoms. The molecule has 1 aliphatic heterocycles. The molecule has 2 fully saturated rings. The number of benzene rings is 1. The Morgan fingerprint density at radius 2 is 1.87 bits per heavy atom. The third kappa shape index (κ3) is 3.86. The van der Waals surface area contributed by atoms with Crippen LogP contribution in [0.3, 0.4) is 0 Å². The first kappa shape index (κ1) is 16.3. The molecule has 2 aliphatic rings. The van der Waals surface area contributed by atoms with E-state index in [2.05, 4.69) is 6.92 Å². The van der Waals surface area contributed by atoms with E-state index < -0.39 is 0 Å². The molecule has 1 N–H and O–H groups in total. The fraction of sp³-hybridized carbons (Fsp3) is 0.632. The fourth-order valence-corrected chi connectivity index (χ4v) is 4.13. The van der Waals surface area contributed by atoms with Crippen LogP contribution in [0.15, 0.2) is 24.3 Å². The maximum atomic E-state index is 12.6. The summed E-state index contributed by atoms with van der Waals surface area (Å²) in [5.74, 6) is 1.83. The van der Waals surface area contributed by atoms with Crippen LogP contribution in [0.2, 0.25) is 0 Å². The lowest BCUT2D eigenvalue weighted by Crippen LogP contribution is -3.18. The summed E-state index contributed by atoms with van der Waals surface area (Å²) < 4.78 is 5.16. The summed E-state index contributed by atoms with van der Waals surface area (Å²) in [6.07, 6.45) is 5.50. The largest absolute Gasteiger partial charge is 0.497 e. The first-order valence-electron chi connectivity index (χ1n) is 8.95. The number of quaternary nitrogens is 1. The zero-order chi connectivity index (χ0) is 16.2. The lowest BCUT2D eigenvalue weighted by atomic mass is 9.86. The highest BCUT2D eigenvalue weighted by atomic mass is 16.5. The van der Waals surface area contributed by atoms with E-state index >= 15 is 0 Å². The number of carbonyl (C=O) groups excluding carboxylic acids is 1. The molecule has 1 aromatic rings. The van der Waals surface area contributed by atoms with E-state index in [0.717, 1.165) is 49.5 Å². The van der Waals surface area contributed by atoms with Crippen LogP contribution in [0.1, 0.15) is 43.0 Å². The molecule has 0 spiro atoms. The van der Waals surface area contributed by atoms with Crippen LogP contribution in [0.5, 0.6) is 5.75 Å². The van der Waals surface area contributed by atoms with Gasteiger partial charge in [-0.15, -0.1) is 0 Å². The lowest BCUT2D eigenvalue weighted by molar-refractivity contribution is -0.930. The number of hydrogen-bond acceptors (Lipinski definition) is 2. The average Bonchev–Trinajstić information content (AvgIpc) is 2.61. The predicted molar refractivity (Wildman–Crippen MR) is 91.0 cm³/mol. The van der Waals surface area contributed by atoms with E-state index in [4.69, 9.17) is 4.74 Å². The Morgan fingerprint density at radius 1 is 1.17 bits per heavy atom. The van der Waals surface area contributed by atoms with Crippen molar-refractivity contribution in [2.24, 2.45) is 5.92 Å². The third-order valence-electron chi connectivity index (χ3n) is 5.54. The highest BCUT2D eigenvalue weighted by Crippen LogP contribution is 2.22. The Morgan fingerprint density at radius 3 is 2.48 bits per heavy atom. The average molecular weight is 317 g/mol. The highest BCUT2D eigenvalue weighted by molar-refractivity contribution is 5.94. The van der Waals surface area contributed by atoms with Crippen molar-refractivity contribution in [2.75, 3.05) is 33.3 Å². The van der Waals surface area contributed by atoms with Gasteiger partial charge in [-0.2, -0.15) is 0 Å². The number of piperazine rings is 1. The van der Waals surface area contributed by atoms with E-state index in [1.807, 2.05) is 29.2 Å². The minimum Gasteiger partial charge on any atom is -0.497 e. The number of ether oxygens (including phenoxy) is 1. The number of hydrogen-bond donors (Lipinski definition) is 1. The standard InChI is InChI=1S/C19H28N2O2/c1-15-4-3-5-17(14-15)20-10-12-21(13-11-20)19(22)16-6-8-18(23-2)9-7-16/h6-9,15,17H,3-5,10-14H2,1-2H3/p+1/t15-,17+/m1/s1. The Labute approximate surface area is 139 Å². The van der Waals surface area contributed by atoms with Gasteiger partial charge >= 0.3 is 0 Å². The molecular formula is C19H29N2O2+. The van der Waals surface area contributed by atoms with Gasteiger partial charge in [0.05, 0.1) is 39.3 Å². The molecule has 0 bridgehead atoms. The van der Waals surface area contributed by atoms with E-state index in [1.54, 1.807) is 12.0 Å². The Bertz CT molecular complexity index is 521. The zero-order valence-corrected chi connectivity index (χ0v) is 14.4. The second-order valence-electron chi connectivity index (χ2n) is 7.15. The maximum absolute atomic E-state index is 12.6. The lowest BCUT2D eigenvalue weighted by Gasteiger charge is -2.39. The van der Waals surface area contributed by atoms with Gasteiger partial charge in [-0.3, -0.25) is 4.79 Å². The number of nitrogens with one attached hydrogen (secondary N) is 1. The summed E-state index contributed by atoms with van der Waals surface area (Å²) in [6, 6.07) is 8.26. The van der Waals surface area contributed by atoms with E-state index in [9.17, 15) is 4.79 Å². The number of methoxy groups -OCH3 is 1. The van der Waals surface area contributed by atoms with Crippen molar-refractivity contribution in [1.29, 1.82) is 0 Å². The normalized spacial score (nSPS) is 26.1. The zero-order valence-electron chi connectivity index (χ0n) is 14.4. The minimum atomic E-state index is 0.156. The second kappa shape index (κ2) is 7.35. The number of rotatable bonds is 3. The van der Waals surface area contributed by atoms with Gasteiger partial charge < -0.3 is 14.5 Å². The van der Waals surface area contributed by atoms with Crippen LogP contribution in [-0.2, 0) is 0 Å². The van der Waals surface area contributed by atoms with E-state index in [1.165, 1.54) is 25.7 Å². The molecule has 0 radical (unpaired) electrons. The Hall–Kier alpha value is -1.55. The van der Waals surface area contributed by atoms with Crippen LogP contribution in [0, 0.1) is 5.92 Å². The number of nitrogens with zero attached hydrogens (tertiary/aromatic N) is 1. The van der Waals surface area contributed by atoms with Crippen LogP contribution < -0.4 is 9.64 Å². The smallest absolute Gasteiger partial charge is 0.254 e. The first-order chi connectivity index (χ1) is 11.2. The van der Waals surface area contributed by atoms with Gasteiger partial charge in [0.15, 0.2) is 0 Å².